The molecule has 1 aromatic carbocycles. The van der Waals surface area contributed by atoms with Crippen LogP contribution in [0.15, 0.2) is 24.3 Å². The van der Waals surface area contributed by atoms with E-state index in [1.807, 2.05) is 6.07 Å². The predicted molar refractivity (Wildman–Crippen MR) is 114 cm³/mol. The maximum absolute atomic E-state index is 12.5. The van der Waals surface area contributed by atoms with E-state index in [0.29, 0.717) is 25.0 Å². The summed E-state index contributed by atoms with van der Waals surface area (Å²) in [5, 5.41) is 3.09. The SMILES string of the molecule is C[C@@H]1C[C@@]2(C)Oc3ccccc3[C@@H]3OC[C@@]1(COC(=O)NC1CCCCC1)[C@@H](C)[C@H]32. The number of para-hydroxylation sites is 1. The van der Waals surface area contributed by atoms with E-state index in [9.17, 15) is 4.79 Å². The van der Waals surface area contributed by atoms with Gasteiger partial charge in [-0.15, -0.1) is 0 Å². The van der Waals surface area contributed by atoms with Crippen LogP contribution < -0.4 is 10.1 Å². The summed E-state index contributed by atoms with van der Waals surface area (Å²) in [5.74, 6) is 1.88. The Morgan fingerprint density at radius 1 is 1.20 bits per heavy atom. The summed E-state index contributed by atoms with van der Waals surface area (Å²) in [7, 11) is 0. The number of rotatable bonds is 3. The first-order valence-electron chi connectivity index (χ1n) is 11.8. The highest BCUT2D eigenvalue weighted by atomic mass is 16.6. The Morgan fingerprint density at radius 2 is 1.97 bits per heavy atom. The van der Waals surface area contributed by atoms with Crippen LogP contribution in [0.5, 0.6) is 5.75 Å². The molecule has 0 spiro atoms. The molecule has 164 valence electrons. The zero-order chi connectivity index (χ0) is 20.9. The van der Waals surface area contributed by atoms with E-state index in [-0.39, 0.29) is 35.2 Å². The number of ether oxygens (including phenoxy) is 3. The first kappa shape index (κ1) is 20.2. The van der Waals surface area contributed by atoms with Gasteiger partial charge >= 0.3 is 6.09 Å². The molecule has 1 aromatic rings. The van der Waals surface area contributed by atoms with E-state index in [1.165, 1.54) is 19.3 Å². The van der Waals surface area contributed by atoms with Crippen molar-refractivity contribution in [1.29, 1.82) is 0 Å². The monoisotopic (exact) mass is 413 g/mol. The van der Waals surface area contributed by atoms with Crippen LogP contribution in [0.1, 0.15) is 71.0 Å². The fourth-order valence-corrected chi connectivity index (χ4v) is 6.91. The molecule has 2 bridgehead atoms. The Hall–Kier alpha value is -1.75. The number of hydrogen-bond acceptors (Lipinski definition) is 4. The molecule has 0 unspecified atom stereocenters. The lowest BCUT2D eigenvalue weighted by atomic mass is 9.50. The van der Waals surface area contributed by atoms with Gasteiger partial charge in [0, 0.05) is 22.9 Å². The van der Waals surface area contributed by atoms with Crippen LogP contribution in [0.2, 0.25) is 0 Å². The topological polar surface area (TPSA) is 56.8 Å². The highest BCUT2D eigenvalue weighted by molar-refractivity contribution is 5.67. The molecule has 30 heavy (non-hydrogen) atoms. The number of carbonyl (C=O) groups is 1. The van der Waals surface area contributed by atoms with Gasteiger partial charge in [-0.05, 0) is 44.1 Å². The Morgan fingerprint density at radius 3 is 2.77 bits per heavy atom. The van der Waals surface area contributed by atoms with E-state index >= 15 is 0 Å². The van der Waals surface area contributed by atoms with Crippen molar-refractivity contribution in [3.8, 4) is 5.75 Å². The lowest BCUT2D eigenvalue weighted by molar-refractivity contribution is -0.259. The third kappa shape index (κ3) is 3.12. The Labute approximate surface area is 179 Å². The van der Waals surface area contributed by atoms with Gasteiger partial charge in [0.2, 0.25) is 0 Å². The third-order valence-electron chi connectivity index (χ3n) is 8.67. The largest absolute Gasteiger partial charge is 0.487 e. The third-order valence-corrected chi connectivity index (χ3v) is 8.67. The van der Waals surface area contributed by atoms with Crippen molar-refractivity contribution in [3.63, 3.8) is 0 Å². The number of amides is 1. The average Bonchev–Trinajstić information content (AvgIpc) is 2.73. The highest BCUT2D eigenvalue weighted by Crippen LogP contribution is 2.63. The van der Waals surface area contributed by atoms with E-state index < -0.39 is 0 Å². The first-order chi connectivity index (χ1) is 14.4. The fourth-order valence-electron chi connectivity index (χ4n) is 6.91. The van der Waals surface area contributed by atoms with Crippen molar-refractivity contribution in [2.45, 2.75) is 77.0 Å². The molecule has 3 fully saturated rings. The Balaban J connectivity index is 1.34. The normalized spacial score (nSPS) is 40.1. The van der Waals surface area contributed by atoms with E-state index in [2.05, 4.69) is 44.3 Å². The van der Waals surface area contributed by atoms with Crippen LogP contribution in [0.4, 0.5) is 4.79 Å². The predicted octanol–water partition coefficient (Wildman–Crippen LogP) is 5.25. The van der Waals surface area contributed by atoms with Crippen LogP contribution in [0.25, 0.3) is 0 Å². The number of carbonyl (C=O) groups excluding carboxylic acids is 1. The summed E-state index contributed by atoms with van der Waals surface area (Å²) in [4.78, 5) is 12.5. The van der Waals surface area contributed by atoms with E-state index in [4.69, 9.17) is 14.2 Å². The summed E-state index contributed by atoms with van der Waals surface area (Å²) in [6.45, 7) is 7.86. The highest BCUT2D eigenvalue weighted by Gasteiger charge is 2.64. The van der Waals surface area contributed by atoms with Crippen molar-refractivity contribution >= 4 is 6.09 Å². The van der Waals surface area contributed by atoms with Gasteiger partial charge in [-0.2, -0.15) is 0 Å². The van der Waals surface area contributed by atoms with Crippen molar-refractivity contribution in [3.05, 3.63) is 29.8 Å². The number of alkyl carbamates (subject to hydrolysis) is 1. The molecule has 4 aliphatic rings. The van der Waals surface area contributed by atoms with Crippen molar-refractivity contribution < 1.29 is 19.0 Å². The van der Waals surface area contributed by atoms with E-state index in [1.54, 1.807) is 0 Å². The average molecular weight is 414 g/mol. The van der Waals surface area contributed by atoms with Gasteiger partial charge < -0.3 is 19.5 Å². The molecule has 6 atom stereocenters. The van der Waals surface area contributed by atoms with Crippen LogP contribution in [-0.4, -0.2) is 30.9 Å². The molecule has 1 saturated heterocycles. The van der Waals surface area contributed by atoms with Gasteiger partial charge in [0.05, 0.1) is 12.7 Å². The minimum atomic E-state index is -0.267. The lowest BCUT2D eigenvalue weighted by Crippen LogP contribution is -2.66. The summed E-state index contributed by atoms with van der Waals surface area (Å²) < 4.78 is 19.0. The second-order valence-electron chi connectivity index (χ2n) is 10.4. The Kier molecular flexibility index (Phi) is 5.00. The van der Waals surface area contributed by atoms with Gasteiger partial charge in [0.15, 0.2) is 0 Å². The zero-order valence-electron chi connectivity index (χ0n) is 18.5. The molecule has 5 rings (SSSR count). The van der Waals surface area contributed by atoms with Crippen molar-refractivity contribution in [2.75, 3.05) is 13.2 Å². The second kappa shape index (κ2) is 7.44. The molecule has 0 aromatic heterocycles. The molecule has 0 radical (unpaired) electrons. The molecule has 2 saturated carbocycles. The van der Waals surface area contributed by atoms with Gasteiger partial charge in [0.1, 0.15) is 18.0 Å². The molecule has 2 aliphatic heterocycles. The van der Waals surface area contributed by atoms with Crippen molar-refractivity contribution in [1.82, 2.24) is 5.32 Å². The maximum atomic E-state index is 12.5. The maximum Gasteiger partial charge on any atom is 0.407 e. The summed E-state index contributed by atoms with van der Waals surface area (Å²) >= 11 is 0. The number of nitrogens with one attached hydrogen (secondary N) is 1. The molecule has 2 aliphatic carbocycles. The van der Waals surface area contributed by atoms with Crippen molar-refractivity contribution in [2.24, 2.45) is 23.2 Å². The molecule has 1 N–H and O–H groups in total. The minimum Gasteiger partial charge on any atom is -0.487 e. The van der Waals surface area contributed by atoms with Gasteiger partial charge in [-0.1, -0.05) is 51.3 Å². The fraction of sp³-hybridized carbons (Fsp3) is 0.720. The molecular formula is C25H35NO4. The lowest BCUT2D eigenvalue weighted by Gasteiger charge is -2.63. The molecule has 1 amide bonds. The summed E-state index contributed by atoms with van der Waals surface area (Å²) in [6, 6.07) is 8.55. The minimum absolute atomic E-state index is 0.0478. The summed E-state index contributed by atoms with van der Waals surface area (Å²) in [5.41, 5.74) is 0.734. The van der Waals surface area contributed by atoms with Gasteiger partial charge in [-0.25, -0.2) is 4.79 Å². The van der Waals surface area contributed by atoms with Gasteiger partial charge in [0.25, 0.3) is 0 Å². The quantitative estimate of drug-likeness (QED) is 0.736. The van der Waals surface area contributed by atoms with E-state index in [0.717, 1.165) is 30.6 Å². The first-order valence-corrected chi connectivity index (χ1v) is 11.8. The number of fused-ring (bicyclic) bond motifs is 3. The smallest absolute Gasteiger partial charge is 0.407 e. The van der Waals surface area contributed by atoms with Gasteiger partial charge in [-0.3, -0.25) is 0 Å². The summed E-state index contributed by atoms with van der Waals surface area (Å²) in [6.07, 6.45) is 6.52. The molecular weight excluding hydrogens is 378 g/mol. The molecule has 5 nitrogen and oxygen atoms in total. The second-order valence-corrected chi connectivity index (χ2v) is 10.4. The van der Waals surface area contributed by atoms with Crippen LogP contribution in [0, 0.1) is 23.2 Å². The zero-order valence-corrected chi connectivity index (χ0v) is 18.5. The molecule has 2 heterocycles. The molecule has 5 heteroatoms. The Bertz CT molecular complexity index is 806. The van der Waals surface area contributed by atoms with Crippen LogP contribution in [0.3, 0.4) is 0 Å². The number of hydrogen-bond donors (Lipinski definition) is 1. The standard InChI is InChI=1S/C25H35NO4/c1-16-13-24(3)21-17(2)25(16,15-29-23(27)26-18-9-5-4-6-10-18)14-28-22(21)19-11-7-8-12-20(19)30-24/h7-8,11-12,16-18,21-22H,4-6,9-10,13-15H2,1-3H3,(H,26,27)/t16-,17+,21-,22+,24-,25+/m1/s1. The van der Waals surface area contributed by atoms with Crippen LogP contribution >= 0.6 is 0 Å². The van der Waals surface area contributed by atoms with Crippen LogP contribution in [-0.2, 0) is 9.47 Å². The number of benzene rings is 1.